The van der Waals surface area contributed by atoms with E-state index < -0.39 is 0 Å². The minimum absolute atomic E-state index is 0.580. The summed E-state index contributed by atoms with van der Waals surface area (Å²) in [6.45, 7) is 13.9. The largest absolute Gasteiger partial charge is 0.330 e. The molecule has 0 radical (unpaired) electrons. The maximum atomic E-state index is 5.86. The molecular weight excluding hydrogens is 232 g/mol. The van der Waals surface area contributed by atoms with Gasteiger partial charge in [-0.15, -0.1) is 0 Å². The molecule has 1 rings (SSSR count). The van der Waals surface area contributed by atoms with Gasteiger partial charge in [0.05, 0.1) is 0 Å². The molecule has 1 unspecified atom stereocenters. The summed E-state index contributed by atoms with van der Waals surface area (Å²) in [5, 5.41) is 0. The van der Waals surface area contributed by atoms with E-state index in [9.17, 15) is 0 Å². The topological polar surface area (TPSA) is 29.3 Å². The van der Waals surface area contributed by atoms with Crippen molar-refractivity contribution in [1.29, 1.82) is 0 Å². The van der Waals surface area contributed by atoms with Crippen LogP contribution in [-0.4, -0.2) is 25.0 Å². The Kier molecular flexibility index (Phi) is 6.02. The standard InChI is InChI=1S/C17H30N2/c1-12(2)17(9-18)11-19(6)10-16-8-14(4)13(3)7-15(16)5/h7-8,12,17H,9-11,18H2,1-6H3. The van der Waals surface area contributed by atoms with Crippen LogP contribution in [-0.2, 0) is 6.54 Å². The van der Waals surface area contributed by atoms with Gasteiger partial charge < -0.3 is 10.6 Å². The number of hydrogen-bond donors (Lipinski definition) is 1. The van der Waals surface area contributed by atoms with E-state index in [4.69, 9.17) is 5.73 Å². The molecule has 0 aliphatic rings. The molecule has 0 saturated carbocycles. The second-order valence-corrected chi connectivity index (χ2v) is 6.30. The minimum Gasteiger partial charge on any atom is -0.330 e. The monoisotopic (exact) mass is 262 g/mol. The van der Waals surface area contributed by atoms with Gasteiger partial charge in [0.25, 0.3) is 0 Å². The van der Waals surface area contributed by atoms with Crippen molar-refractivity contribution in [2.24, 2.45) is 17.6 Å². The molecule has 1 aromatic carbocycles. The number of aryl methyl sites for hydroxylation is 3. The average molecular weight is 262 g/mol. The molecule has 1 atom stereocenters. The summed E-state index contributed by atoms with van der Waals surface area (Å²) in [6.07, 6.45) is 0. The Labute approximate surface area is 119 Å². The van der Waals surface area contributed by atoms with Crippen LogP contribution in [0.4, 0.5) is 0 Å². The summed E-state index contributed by atoms with van der Waals surface area (Å²) in [5.41, 5.74) is 11.5. The van der Waals surface area contributed by atoms with E-state index in [1.54, 1.807) is 0 Å². The smallest absolute Gasteiger partial charge is 0.0233 e. The number of benzene rings is 1. The van der Waals surface area contributed by atoms with Crippen molar-refractivity contribution in [2.45, 2.75) is 41.2 Å². The molecule has 0 spiro atoms. The van der Waals surface area contributed by atoms with Crippen LogP contribution in [0.2, 0.25) is 0 Å². The lowest BCUT2D eigenvalue weighted by Gasteiger charge is -2.26. The number of nitrogens with zero attached hydrogens (tertiary/aromatic N) is 1. The lowest BCUT2D eigenvalue weighted by molar-refractivity contribution is 0.234. The molecule has 19 heavy (non-hydrogen) atoms. The van der Waals surface area contributed by atoms with Crippen LogP contribution in [0.25, 0.3) is 0 Å². The molecule has 1 aromatic rings. The van der Waals surface area contributed by atoms with Crippen LogP contribution in [0.1, 0.15) is 36.1 Å². The second-order valence-electron chi connectivity index (χ2n) is 6.30. The third-order valence-electron chi connectivity index (χ3n) is 4.18. The molecule has 108 valence electrons. The first-order valence-electron chi connectivity index (χ1n) is 7.30. The number of rotatable bonds is 6. The normalized spacial score (nSPS) is 13.3. The molecule has 2 nitrogen and oxygen atoms in total. The summed E-state index contributed by atoms with van der Waals surface area (Å²) < 4.78 is 0. The van der Waals surface area contributed by atoms with Gasteiger partial charge in [-0.3, -0.25) is 0 Å². The predicted octanol–water partition coefficient (Wildman–Crippen LogP) is 3.27. The summed E-state index contributed by atoms with van der Waals surface area (Å²) >= 11 is 0. The van der Waals surface area contributed by atoms with Gasteiger partial charge in [0.15, 0.2) is 0 Å². The van der Waals surface area contributed by atoms with Crippen LogP contribution >= 0.6 is 0 Å². The molecule has 0 bridgehead atoms. The first-order chi connectivity index (χ1) is 8.85. The minimum atomic E-state index is 0.580. The van der Waals surface area contributed by atoms with Crippen LogP contribution in [0.3, 0.4) is 0 Å². The highest BCUT2D eigenvalue weighted by Gasteiger charge is 2.14. The predicted molar refractivity (Wildman–Crippen MR) is 84.4 cm³/mol. The van der Waals surface area contributed by atoms with Gasteiger partial charge in [-0.2, -0.15) is 0 Å². The van der Waals surface area contributed by atoms with Crippen LogP contribution in [0, 0.1) is 32.6 Å². The molecule has 0 amide bonds. The Morgan fingerprint density at radius 2 is 1.63 bits per heavy atom. The van der Waals surface area contributed by atoms with Gasteiger partial charge in [0, 0.05) is 13.1 Å². The first kappa shape index (κ1) is 16.2. The summed E-state index contributed by atoms with van der Waals surface area (Å²) in [5.74, 6) is 1.23. The van der Waals surface area contributed by atoms with Crippen molar-refractivity contribution in [3.05, 3.63) is 34.4 Å². The van der Waals surface area contributed by atoms with Gasteiger partial charge in [-0.1, -0.05) is 26.0 Å². The highest BCUT2D eigenvalue weighted by molar-refractivity contribution is 5.36. The SMILES string of the molecule is Cc1cc(C)c(CN(C)CC(CN)C(C)C)cc1C. The zero-order valence-corrected chi connectivity index (χ0v) is 13.5. The van der Waals surface area contributed by atoms with Gasteiger partial charge in [0.1, 0.15) is 0 Å². The molecule has 0 aliphatic carbocycles. The van der Waals surface area contributed by atoms with E-state index in [1.165, 1.54) is 22.3 Å². The molecule has 0 aliphatic heterocycles. The Morgan fingerprint density at radius 1 is 1.05 bits per heavy atom. The average Bonchev–Trinajstić information content (AvgIpc) is 2.32. The van der Waals surface area contributed by atoms with E-state index in [2.05, 4.69) is 58.7 Å². The highest BCUT2D eigenvalue weighted by Crippen LogP contribution is 2.18. The quantitative estimate of drug-likeness (QED) is 0.852. The van der Waals surface area contributed by atoms with Crippen LogP contribution < -0.4 is 5.73 Å². The lowest BCUT2D eigenvalue weighted by atomic mass is 9.95. The molecule has 2 heteroatoms. The lowest BCUT2D eigenvalue weighted by Crippen LogP contribution is -2.33. The molecule has 0 heterocycles. The Bertz CT molecular complexity index is 410. The van der Waals surface area contributed by atoms with Crippen molar-refractivity contribution in [2.75, 3.05) is 20.1 Å². The maximum absolute atomic E-state index is 5.86. The van der Waals surface area contributed by atoms with Crippen molar-refractivity contribution in [3.8, 4) is 0 Å². The van der Waals surface area contributed by atoms with E-state index >= 15 is 0 Å². The van der Waals surface area contributed by atoms with Crippen molar-refractivity contribution in [1.82, 2.24) is 4.90 Å². The van der Waals surface area contributed by atoms with Gasteiger partial charge in [-0.25, -0.2) is 0 Å². The van der Waals surface area contributed by atoms with Crippen molar-refractivity contribution >= 4 is 0 Å². The molecule has 0 fully saturated rings. The van der Waals surface area contributed by atoms with E-state index in [0.717, 1.165) is 19.6 Å². The van der Waals surface area contributed by atoms with Crippen LogP contribution in [0.5, 0.6) is 0 Å². The van der Waals surface area contributed by atoms with Gasteiger partial charge in [-0.05, 0) is 68.5 Å². The van der Waals surface area contributed by atoms with E-state index in [0.29, 0.717) is 11.8 Å². The number of nitrogens with two attached hydrogens (primary N) is 1. The maximum Gasteiger partial charge on any atom is 0.0233 e. The zero-order chi connectivity index (χ0) is 14.6. The highest BCUT2D eigenvalue weighted by atomic mass is 15.1. The van der Waals surface area contributed by atoms with Gasteiger partial charge in [0.2, 0.25) is 0 Å². The molecule has 0 aromatic heterocycles. The number of hydrogen-bond acceptors (Lipinski definition) is 2. The fraction of sp³-hybridized carbons (Fsp3) is 0.647. The summed E-state index contributed by atoms with van der Waals surface area (Å²) in [7, 11) is 2.19. The fourth-order valence-electron chi connectivity index (χ4n) is 2.50. The molecular formula is C17H30N2. The summed E-state index contributed by atoms with van der Waals surface area (Å²) in [6, 6.07) is 4.62. The van der Waals surface area contributed by atoms with Gasteiger partial charge >= 0.3 is 0 Å². The fourth-order valence-corrected chi connectivity index (χ4v) is 2.50. The van der Waals surface area contributed by atoms with Crippen molar-refractivity contribution in [3.63, 3.8) is 0 Å². The third kappa shape index (κ3) is 4.63. The Balaban J connectivity index is 2.71. The van der Waals surface area contributed by atoms with Crippen LogP contribution in [0.15, 0.2) is 12.1 Å². The Hall–Kier alpha value is -0.860. The summed E-state index contributed by atoms with van der Waals surface area (Å²) in [4.78, 5) is 2.40. The van der Waals surface area contributed by atoms with E-state index in [-0.39, 0.29) is 0 Å². The molecule has 0 saturated heterocycles. The third-order valence-corrected chi connectivity index (χ3v) is 4.18. The second kappa shape index (κ2) is 7.06. The van der Waals surface area contributed by atoms with Crippen molar-refractivity contribution < 1.29 is 0 Å². The Morgan fingerprint density at radius 3 is 2.16 bits per heavy atom. The zero-order valence-electron chi connectivity index (χ0n) is 13.5. The molecule has 2 N–H and O–H groups in total. The first-order valence-corrected chi connectivity index (χ1v) is 7.30. The van der Waals surface area contributed by atoms with E-state index in [1.807, 2.05) is 0 Å².